The van der Waals surface area contributed by atoms with Gasteiger partial charge in [-0.3, -0.25) is 14.2 Å². The van der Waals surface area contributed by atoms with Crippen molar-refractivity contribution in [1.82, 2.24) is 34.2 Å². The highest BCUT2D eigenvalue weighted by molar-refractivity contribution is 6.31. The second-order valence-corrected chi connectivity index (χ2v) is 13.1. The number of carbonyl (C=O) groups is 1. The number of carbonyl (C=O) groups excluding carboxylic acids is 1. The van der Waals surface area contributed by atoms with Gasteiger partial charge in [0, 0.05) is 55.3 Å². The van der Waals surface area contributed by atoms with Gasteiger partial charge >= 0.3 is 0 Å². The largest absolute Gasteiger partial charge is 0.508 e. The first kappa shape index (κ1) is 38.9. The molecule has 55 heavy (non-hydrogen) atoms. The summed E-state index contributed by atoms with van der Waals surface area (Å²) in [6.07, 6.45) is 2.72. The SMILES string of the molecule is CCOCCN(CCOCC)C(=O)CCCC#Cc1cccc2nc(Cn3nc(-c4cccc(O)c4)c4c(N)ncnc43)n(Cc3ccccc3Cl)c(=O)c12. The number of phenols is 1. The van der Waals surface area contributed by atoms with Crippen LogP contribution in [0.4, 0.5) is 5.82 Å². The molecule has 1 amide bonds. The van der Waals surface area contributed by atoms with Crippen molar-refractivity contribution in [2.75, 3.05) is 45.3 Å². The molecule has 284 valence electrons. The molecule has 0 unspecified atom stereocenters. The standard InChI is InChI=1S/C41H43ClN8O5/c1-3-54-22-20-48(21-23-55-4-2)35(52)19-7-5-6-12-28-14-11-18-33-36(28)41(53)49(25-30-13-8-9-17-32(30)42)34(46-33)26-50-40-37(39(43)44-27-45-40)38(47-50)29-15-10-16-31(51)24-29/h8-11,13-18,24,27,51H,3-5,7,19-23,25-26H2,1-2H3,(H2,43,44,45). The maximum Gasteiger partial charge on any atom is 0.263 e. The number of ether oxygens (including phenoxy) is 2. The number of anilines is 1. The number of rotatable bonds is 16. The Bertz CT molecular complexity index is 2410. The molecule has 0 saturated heterocycles. The molecule has 0 aliphatic rings. The minimum Gasteiger partial charge on any atom is -0.508 e. The summed E-state index contributed by atoms with van der Waals surface area (Å²) in [6, 6.07) is 19.4. The van der Waals surface area contributed by atoms with Crippen molar-refractivity contribution in [1.29, 1.82) is 0 Å². The number of hydrogen-bond acceptors (Lipinski definition) is 10. The average Bonchev–Trinajstić information content (AvgIpc) is 3.55. The Hall–Kier alpha value is -5.81. The van der Waals surface area contributed by atoms with E-state index in [4.69, 9.17) is 36.9 Å². The summed E-state index contributed by atoms with van der Waals surface area (Å²) in [4.78, 5) is 43.0. The Labute approximate surface area is 323 Å². The molecule has 3 N–H and O–H groups in total. The van der Waals surface area contributed by atoms with Gasteiger partial charge in [-0.05, 0) is 56.2 Å². The van der Waals surface area contributed by atoms with E-state index in [0.29, 0.717) is 108 Å². The topological polar surface area (TPSA) is 164 Å². The zero-order valence-corrected chi connectivity index (χ0v) is 31.6. The van der Waals surface area contributed by atoms with Crippen LogP contribution in [-0.2, 0) is 27.4 Å². The fraction of sp³-hybridized carbons (Fsp3) is 0.317. The Morgan fingerprint density at radius 1 is 0.964 bits per heavy atom. The molecule has 3 aromatic carbocycles. The normalized spacial score (nSPS) is 11.2. The minimum atomic E-state index is -0.293. The quantitative estimate of drug-likeness (QED) is 0.0929. The van der Waals surface area contributed by atoms with Gasteiger partial charge in [0.25, 0.3) is 5.56 Å². The van der Waals surface area contributed by atoms with E-state index in [0.717, 1.165) is 5.56 Å². The first-order chi connectivity index (χ1) is 26.8. The predicted octanol–water partition coefficient (Wildman–Crippen LogP) is 5.66. The maximum absolute atomic E-state index is 14.6. The lowest BCUT2D eigenvalue weighted by atomic mass is 10.1. The third kappa shape index (κ3) is 9.29. The Kier molecular flexibility index (Phi) is 13.1. The van der Waals surface area contributed by atoms with Gasteiger partial charge in [-0.25, -0.2) is 19.6 Å². The van der Waals surface area contributed by atoms with E-state index in [-0.39, 0.29) is 36.1 Å². The molecule has 13 nitrogen and oxygen atoms in total. The number of aromatic hydroxyl groups is 1. The van der Waals surface area contributed by atoms with Crippen LogP contribution in [0.1, 0.15) is 50.1 Å². The summed E-state index contributed by atoms with van der Waals surface area (Å²) in [6.45, 7) is 7.19. The van der Waals surface area contributed by atoms with E-state index >= 15 is 0 Å². The molecule has 0 atom stereocenters. The summed E-state index contributed by atoms with van der Waals surface area (Å²) in [5.41, 5.74) is 9.32. The van der Waals surface area contributed by atoms with Crippen molar-refractivity contribution in [2.45, 2.75) is 46.2 Å². The fourth-order valence-corrected chi connectivity index (χ4v) is 6.46. The number of unbranched alkanes of at least 4 members (excludes halogenated alkanes) is 1. The van der Waals surface area contributed by atoms with Gasteiger partial charge in [0.1, 0.15) is 36.0 Å². The zero-order chi connectivity index (χ0) is 38.7. The molecule has 6 rings (SSSR count). The van der Waals surface area contributed by atoms with Crippen LogP contribution in [0.5, 0.6) is 5.75 Å². The molecule has 0 aliphatic carbocycles. The van der Waals surface area contributed by atoms with Gasteiger partial charge in [0.2, 0.25) is 5.91 Å². The number of phenolic OH excluding ortho intramolecular Hbond substituents is 1. The summed E-state index contributed by atoms with van der Waals surface area (Å²) in [5, 5.41) is 16.4. The first-order valence-electron chi connectivity index (χ1n) is 18.2. The van der Waals surface area contributed by atoms with Gasteiger partial charge in [-0.15, -0.1) is 0 Å². The van der Waals surface area contributed by atoms with Crippen LogP contribution in [0.25, 0.3) is 33.2 Å². The van der Waals surface area contributed by atoms with Crippen LogP contribution in [0, 0.1) is 11.8 Å². The van der Waals surface area contributed by atoms with E-state index in [1.807, 2.05) is 44.2 Å². The Balaban J connectivity index is 1.32. The van der Waals surface area contributed by atoms with E-state index < -0.39 is 0 Å². The number of nitrogen functional groups attached to an aromatic ring is 1. The van der Waals surface area contributed by atoms with Crippen molar-refractivity contribution in [2.24, 2.45) is 0 Å². The maximum atomic E-state index is 14.6. The first-order valence-corrected chi connectivity index (χ1v) is 18.6. The second-order valence-electron chi connectivity index (χ2n) is 12.7. The minimum absolute atomic E-state index is 0.0266. The fourth-order valence-electron chi connectivity index (χ4n) is 6.27. The number of hydrogen-bond donors (Lipinski definition) is 2. The van der Waals surface area contributed by atoms with Crippen LogP contribution in [0.3, 0.4) is 0 Å². The number of amides is 1. The van der Waals surface area contributed by atoms with Crippen LogP contribution >= 0.6 is 11.6 Å². The third-order valence-electron chi connectivity index (χ3n) is 9.01. The van der Waals surface area contributed by atoms with Crippen molar-refractivity contribution in [3.8, 4) is 28.8 Å². The highest BCUT2D eigenvalue weighted by Gasteiger charge is 2.21. The van der Waals surface area contributed by atoms with Crippen LogP contribution in [0.2, 0.25) is 5.02 Å². The molecule has 0 fully saturated rings. The van der Waals surface area contributed by atoms with Crippen molar-refractivity contribution < 1.29 is 19.4 Å². The zero-order valence-electron chi connectivity index (χ0n) is 30.9. The summed E-state index contributed by atoms with van der Waals surface area (Å²) in [5.74, 6) is 7.08. The number of halogens is 1. The molecule has 0 saturated carbocycles. The van der Waals surface area contributed by atoms with Gasteiger partial charge < -0.3 is 25.2 Å². The lowest BCUT2D eigenvalue weighted by Gasteiger charge is -2.22. The summed E-state index contributed by atoms with van der Waals surface area (Å²) < 4.78 is 14.1. The highest BCUT2D eigenvalue weighted by Crippen LogP contribution is 2.32. The smallest absolute Gasteiger partial charge is 0.263 e. The van der Waals surface area contributed by atoms with E-state index in [1.54, 1.807) is 50.5 Å². The number of aromatic nitrogens is 6. The molecule has 3 heterocycles. The van der Waals surface area contributed by atoms with Crippen LogP contribution in [0.15, 0.2) is 77.9 Å². The van der Waals surface area contributed by atoms with Crippen molar-refractivity contribution >= 4 is 45.3 Å². The molecule has 0 aliphatic heterocycles. The monoisotopic (exact) mass is 762 g/mol. The summed E-state index contributed by atoms with van der Waals surface area (Å²) >= 11 is 6.60. The number of nitrogens with two attached hydrogens (primary N) is 1. The Morgan fingerprint density at radius 3 is 2.47 bits per heavy atom. The lowest BCUT2D eigenvalue weighted by molar-refractivity contribution is -0.132. The predicted molar refractivity (Wildman–Crippen MR) is 213 cm³/mol. The van der Waals surface area contributed by atoms with E-state index in [9.17, 15) is 14.7 Å². The van der Waals surface area contributed by atoms with E-state index in [1.165, 1.54) is 6.33 Å². The van der Waals surface area contributed by atoms with Crippen LogP contribution < -0.4 is 11.3 Å². The van der Waals surface area contributed by atoms with Gasteiger partial charge in [0.05, 0.1) is 36.0 Å². The molecule has 0 bridgehead atoms. The van der Waals surface area contributed by atoms with Crippen molar-refractivity contribution in [3.63, 3.8) is 0 Å². The number of fused-ring (bicyclic) bond motifs is 2. The Morgan fingerprint density at radius 2 is 1.73 bits per heavy atom. The highest BCUT2D eigenvalue weighted by atomic mass is 35.5. The molecule has 0 spiro atoms. The average molecular weight is 763 g/mol. The summed E-state index contributed by atoms with van der Waals surface area (Å²) in [7, 11) is 0. The van der Waals surface area contributed by atoms with Gasteiger partial charge in [0.15, 0.2) is 5.65 Å². The molecule has 0 radical (unpaired) electrons. The second kappa shape index (κ2) is 18.5. The van der Waals surface area contributed by atoms with Crippen LogP contribution in [-0.4, -0.2) is 84.7 Å². The van der Waals surface area contributed by atoms with Gasteiger partial charge in [-0.2, -0.15) is 5.10 Å². The molecule has 3 aromatic heterocycles. The van der Waals surface area contributed by atoms with E-state index in [2.05, 4.69) is 21.8 Å². The number of nitrogens with zero attached hydrogens (tertiary/aromatic N) is 7. The van der Waals surface area contributed by atoms with Crippen molar-refractivity contribution in [3.05, 3.63) is 105 Å². The molecule has 14 heteroatoms. The molecular formula is C41H43ClN8O5. The number of benzene rings is 3. The third-order valence-corrected chi connectivity index (χ3v) is 9.37. The molecular weight excluding hydrogens is 720 g/mol. The lowest BCUT2D eigenvalue weighted by Crippen LogP contribution is -2.36. The molecule has 6 aromatic rings. The van der Waals surface area contributed by atoms with Gasteiger partial charge in [-0.1, -0.05) is 59.8 Å².